The molecule has 0 aliphatic heterocycles. The van der Waals surface area contributed by atoms with Crippen LogP contribution in [0, 0.1) is 5.92 Å². The summed E-state index contributed by atoms with van der Waals surface area (Å²) in [6.07, 6.45) is 5.85. The van der Waals surface area contributed by atoms with E-state index in [-0.39, 0.29) is 11.8 Å². The average molecular weight is 358 g/mol. The topological polar surface area (TPSA) is 74.8 Å². The van der Waals surface area contributed by atoms with E-state index in [9.17, 15) is 4.79 Å². The van der Waals surface area contributed by atoms with Crippen LogP contribution in [0.2, 0.25) is 0 Å². The zero-order chi connectivity index (χ0) is 18.6. The molecular weight excluding hydrogens is 328 g/mol. The number of benzene rings is 1. The second kappa shape index (κ2) is 11.2. The minimum absolute atomic E-state index is 0.204. The summed E-state index contributed by atoms with van der Waals surface area (Å²) in [6.45, 7) is 6.21. The van der Waals surface area contributed by atoms with Crippen LogP contribution in [0.25, 0.3) is 0 Å². The van der Waals surface area contributed by atoms with Crippen LogP contribution in [0.3, 0.4) is 0 Å². The maximum atomic E-state index is 11.8. The van der Waals surface area contributed by atoms with E-state index >= 15 is 0 Å². The van der Waals surface area contributed by atoms with E-state index < -0.39 is 0 Å². The molecule has 0 heterocycles. The van der Waals surface area contributed by atoms with Crippen molar-refractivity contribution in [2.45, 2.75) is 32.2 Å². The van der Waals surface area contributed by atoms with Gasteiger partial charge in [0.1, 0.15) is 12.4 Å². The molecule has 0 saturated heterocycles. The van der Waals surface area contributed by atoms with Gasteiger partial charge in [0.05, 0.1) is 0 Å². The van der Waals surface area contributed by atoms with Crippen LogP contribution in [-0.4, -0.2) is 38.6 Å². The molecule has 1 aromatic rings. The van der Waals surface area contributed by atoms with Gasteiger partial charge in [0.25, 0.3) is 0 Å². The summed E-state index contributed by atoms with van der Waals surface area (Å²) in [4.78, 5) is 16.0. The van der Waals surface area contributed by atoms with E-state index in [2.05, 4.69) is 27.5 Å². The van der Waals surface area contributed by atoms with Crippen molar-refractivity contribution in [1.29, 1.82) is 0 Å². The van der Waals surface area contributed by atoms with E-state index in [1.165, 1.54) is 6.42 Å². The van der Waals surface area contributed by atoms with Gasteiger partial charge in [-0.15, -0.1) is 0 Å². The minimum atomic E-state index is 0.204. The fourth-order valence-corrected chi connectivity index (χ4v) is 2.66. The number of hydrogen-bond donors (Lipinski definition) is 3. The smallest absolute Gasteiger partial charge is 0.223 e. The van der Waals surface area contributed by atoms with Gasteiger partial charge in [0.2, 0.25) is 5.91 Å². The molecule has 0 spiro atoms. The van der Waals surface area contributed by atoms with Crippen molar-refractivity contribution in [2.24, 2.45) is 10.9 Å². The largest absolute Gasteiger partial charge is 0.489 e. The van der Waals surface area contributed by atoms with Crippen molar-refractivity contribution in [3.63, 3.8) is 0 Å². The number of nitrogens with one attached hydrogen (secondary N) is 3. The Labute approximate surface area is 156 Å². The predicted molar refractivity (Wildman–Crippen MR) is 105 cm³/mol. The zero-order valence-corrected chi connectivity index (χ0v) is 15.6. The molecule has 6 nitrogen and oxygen atoms in total. The molecule has 0 atom stereocenters. The Kier molecular flexibility index (Phi) is 8.52. The van der Waals surface area contributed by atoms with Gasteiger partial charge in [-0.1, -0.05) is 37.3 Å². The first-order chi connectivity index (χ1) is 12.7. The number of carbonyl (C=O) groups excluding carboxylic acids is 1. The van der Waals surface area contributed by atoms with Crippen LogP contribution in [0.4, 0.5) is 0 Å². The number of rotatable bonds is 10. The highest BCUT2D eigenvalue weighted by Crippen LogP contribution is 2.26. The molecular formula is C20H30N4O2. The van der Waals surface area contributed by atoms with Crippen LogP contribution in [0.1, 0.15) is 31.2 Å². The summed E-state index contributed by atoms with van der Waals surface area (Å²) in [6, 6.07) is 7.90. The van der Waals surface area contributed by atoms with Gasteiger partial charge in [-0.3, -0.25) is 9.79 Å². The number of para-hydroxylation sites is 1. The van der Waals surface area contributed by atoms with Crippen LogP contribution in [-0.2, 0) is 11.3 Å². The average Bonchev–Trinajstić information content (AvgIpc) is 2.61. The van der Waals surface area contributed by atoms with Crippen molar-refractivity contribution >= 4 is 11.9 Å². The fourth-order valence-electron chi connectivity index (χ4n) is 2.66. The van der Waals surface area contributed by atoms with Gasteiger partial charge in [0.15, 0.2) is 5.96 Å². The first kappa shape index (κ1) is 19.8. The van der Waals surface area contributed by atoms with E-state index in [4.69, 9.17) is 4.74 Å². The Balaban J connectivity index is 1.66. The molecule has 26 heavy (non-hydrogen) atoms. The number of ether oxygens (including phenoxy) is 1. The van der Waals surface area contributed by atoms with Crippen molar-refractivity contribution in [3.8, 4) is 5.75 Å². The standard InChI is InChI=1S/C20H30N4O2/c1-3-14-26-18-11-5-4-8-17(18)15-24-20(21-2)23-13-7-12-22-19(25)16-9-6-10-16/h3-5,8,11,16H,1,6-7,9-10,12-15H2,2H3,(H,22,25)(H2,21,23,24). The number of amides is 1. The van der Waals surface area contributed by atoms with Crippen molar-refractivity contribution in [2.75, 3.05) is 26.7 Å². The van der Waals surface area contributed by atoms with Gasteiger partial charge in [-0.25, -0.2) is 0 Å². The molecule has 1 fully saturated rings. The maximum Gasteiger partial charge on any atom is 0.223 e. The Morgan fingerprint density at radius 2 is 2.04 bits per heavy atom. The summed E-state index contributed by atoms with van der Waals surface area (Å²) >= 11 is 0. The molecule has 0 radical (unpaired) electrons. The second-order valence-corrected chi connectivity index (χ2v) is 6.33. The minimum Gasteiger partial charge on any atom is -0.489 e. The van der Waals surface area contributed by atoms with Crippen molar-refractivity contribution in [3.05, 3.63) is 42.5 Å². The molecule has 1 saturated carbocycles. The third-order valence-electron chi connectivity index (χ3n) is 4.42. The third-order valence-corrected chi connectivity index (χ3v) is 4.42. The molecule has 2 rings (SSSR count). The van der Waals surface area contributed by atoms with Crippen LogP contribution in [0.15, 0.2) is 41.9 Å². The first-order valence-electron chi connectivity index (χ1n) is 9.28. The van der Waals surface area contributed by atoms with E-state index in [0.29, 0.717) is 19.7 Å². The van der Waals surface area contributed by atoms with Crippen LogP contribution < -0.4 is 20.7 Å². The lowest BCUT2D eigenvalue weighted by atomic mass is 9.85. The van der Waals surface area contributed by atoms with Crippen LogP contribution in [0.5, 0.6) is 5.75 Å². The Morgan fingerprint density at radius 3 is 2.73 bits per heavy atom. The van der Waals surface area contributed by atoms with E-state index in [1.54, 1.807) is 13.1 Å². The summed E-state index contributed by atoms with van der Waals surface area (Å²) < 4.78 is 5.66. The Bertz CT molecular complexity index is 612. The Hall–Kier alpha value is -2.50. The predicted octanol–water partition coefficient (Wildman–Crippen LogP) is 2.22. The molecule has 3 N–H and O–H groups in total. The first-order valence-corrected chi connectivity index (χ1v) is 9.28. The number of carbonyl (C=O) groups is 1. The van der Waals surface area contributed by atoms with Gasteiger partial charge < -0.3 is 20.7 Å². The molecule has 0 bridgehead atoms. The molecule has 1 aromatic carbocycles. The molecule has 0 unspecified atom stereocenters. The summed E-state index contributed by atoms with van der Waals surface area (Å²) in [5.41, 5.74) is 1.06. The lowest BCUT2D eigenvalue weighted by Crippen LogP contribution is -2.39. The molecule has 0 aromatic heterocycles. The van der Waals surface area contributed by atoms with Gasteiger partial charge >= 0.3 is 0 Å². The quantitative estimate of drug-likeness (QED) is 0.259. The summed E-state index contributed by atoms with van der Waals surface area (Å²) in [5, 5.41) is 9.55. The highest BCUT2D eigenvalue weighted by Gasteiger charge is 2.24. The number of nitrogens with zero attached hydrogens (tertiary/aromatic N) is 1. The lowest BCUT2D eigenvalue weighted by Gasteiger charge is -2.24. The van der Waals surface area contributed by atoms with Gasteiger partial charge in [0, 0.05) is 38.2 Å². The normalized spacial score (nSPS) is 14.3. The molecule has 1 aliphatic rings. The van der Waals surface area contributed by atoms with Crippen molar-refractivity contribution < 1.29 is 9.53 Å². The van der Waals surface area contributed by atoms with Crippen molar-refractivity contribution in [1.82, 2.24) is 16.0 Å². The zero-order valence-electron chi connectivity index (χ0n) is 15.6. The highest BCUT2D eigenvalue weighted by atomic mass is 16.5. The molecule has 142 valence electrons. The van der Waals surface area contributed by atoms with E-state index in [1.807, 2.05) is 24.3 Å². The van der Waals surface area contributed by atoms with Gasteiger partial charge in [-0.2, -0.15) is 0 Å². The summed E-state index contributed by atoms with van der Waals surface area (Å²) in [5.74, 6) is 2.03. The fraction of sp³-hybridized carbons (Fsp3) is 0.500. The van der Waals surface area contributed by atoms with E-state index in [0.717, 1.165) is 43.1 Å². The SMILES string of the molecule is C=CCOc1ccccc1CNC(=NC)NCCCNC(=O)C1CCC1. The summed E-state index contributed by atoms with van der Waals surface area (Å²) in [7, 11) is 1.74. The number of hydrogen-bond acceptors (Lipinski definition) is 3. The lowest BCUT2D eigenvalue weighted by molar-refractivity contribution is -0.127. The second-order valence-electron chi connectivity index (χ2n) is 6.33. The molecule has 6 heteroatoms. The maximum absolute atomic E-state index is 11.8. The number of guanidine groups is 1. The molecule has 1 aliphatic carbocycles. The number of aliphatic imine (C=N–C) groups is 1. The van der Waals surface area contributed by atoms with Gasteiger partial charge in [-0.05, 0) is 25.3 Å². The van der Waals surface area contributed by atoms with Crippen LogP contribution >= 0.6 is 0 Å². The Morgan fingerprint density at radius 1 is 1.27 bits per heavy atom. The molecule has 1 amide bonds. The third kappa shape index (κ3) is 6.43. The monoisotopic (exact) mass is 358 g/mol. The highest BCUT2D eigenvalue weighted by molar-refractivity contribution is 5.80.